The second-order valence-corrected chi connectivity index (χ2v) is 3.07. The van der Waals surface area contributed by atoms with Crippen molar-refractivity contribution in [2.24, 2.45) is 0 Å². The van der Waals surface area contributed by atoms with E-state index in [-0.39, 0.29) is 5.91 Å². The fourth-order valence-electron chi connectivity index (χ4n) is 1.39. The predicted molar refractivity (Wildman–Crippen MR) is 46.9 cm³/mol. The zero-order valence-electron chi connectivity index (χ0n) is 7.29. The van der Waals surface area contributed by atoms with E-state index in [4.69, 9.17) is 0 Å². The lowest BCUT2D eigenvalue weighted by Crippen LogP contribution is -2.47. The highest BCUT2D eigenvalue weighted by atomic mass is 16.2. The van der Waals surface area contributed by atoms with Crippen LogP contribution in [0.4, 0.5) is 0 Å². The molecule has 1 aromatic heterocycles. The number of carbonyl (C=O) groups excluding carboxylic acids is 1. The van der Waals surface area contributed by atoms with Crippen molar-refractivity contribution in [1.29, 1.82) is 0 Å². The SMILES string of the molecule is O=C1CNCCN1Cc1cnc[nH]1. The quantitative estimate of drug-likeness (QED) is 0.635. The largest absolute Gasteiger partial charge is 0.347 e. The highest BCUT2D eigenvalue weighted by Gasteiger charge is 2.17. The van der Waals surface area contributed by atoms with Crippen LogP contribution in [0.3, 0.4) is 0 Å². The Balaban J connectivity index is 1.97. The Morgan fingerprint density at radius 3 is 3.23 bits per heavy atom. The molecule has 0 atom stereocenters. The summed E-state index contributed by atoms with van der Waals surface area (Å²) in [6, 6.07) is 0. The Labute approximate surface area is 76.2 Å². The van der Waals surface area contributed by atoms with Gasteiger partial charge in [-0.2, -0.15) is 0 Å². The molecule has 1 saturated heterocycles. The van der Waals surface area contributed by atoms with E-state index in [0.717, 1.165) is 18.8 Å². The van der Waals surface area contributed by atoms with Crippen LogP contribution in [0.5, 0.6) is 0 Å². The summed E-state index contributed by atoms with van der Waals surface area (Å²) < 4.78 is 0. The van der Waals surface area contributed by atoms with Crippen LogP contribution in [0.1, 0.15) is 5.69 Å². The number of hydrogen-bond donors (Lipinski definition) is 2. The Morgan fingerprint density at radius 2 is 2.54 bits per heavy atom. The van der Waals surface area contributed by atoms with E-state index in [1.165, 1.54) is 0 Å². The molecule has 0 aromatic carbocycles. The third kappa shape index (κ3) is 1.86. The molecular formula is C8H12N4O. The average molecular weight is 180 g/mol. The number of hydrogen-bond acceptors (Lipinski definition) is 3. The van der Waals surface area contributed by atoms with E-state index in [2.05, 4.69) is 15.3 Å². The topological polar surface area (TPSA) is 61.0 Å². The first-order valence-electron chi connectivity index (χ1n) is 4.32. The van der Waals surface area contributed by atoms with Gasteiger partial charge in [0.15, 0.2) is 0 Å². The number of amides is 1. The molecule has 1 fully saturated rings. The monoisotopic (exact) mass is 180 g/mol. The third-order valence-corrected chi connectivity index (χ3v) is 2.10. The molecule has 0 spiro atoms. The highest BCUT2D eigenvalue weighted by molar-refractivity contribution is 5.78. The lowest BCUT2D eigenvalue weighted by molar-refractivity contribution is -0.132. The zero-order chi connectivity index (χ0) is 9.10. The second-order valence-electron chi connectivity index (χ2n) is 3.07. The van der Waals surface area contributed by atoms with Crippen molar-refractivity contribution in [2.45, 2.75) is 6.54 Å². The van der Waals surface area contributed by atoms with E-state index < -0.39 is 0 Å². The highest BCUT2D eigenvalue weighted by Crippen LogP contribution is 2.01. The van der Waals surface area contributed by atoms with Crippen LogP contribution in [0.2, 0.25) is 0 Å². The third-order valence-electron chi connectivity index (χ3n) is 2.10. The van der Waals surface area contributed by atoms with Gasteiger partial charge in [0.25, 0.3) is 0 Å². The number of aromatic amines is 1. The van der Waals surface area contributed by atoms with Crippen LogP contribution in [0.15, 0.2) is 12.5 Å². The first kappa shape index (κ1) is 8.25. The van der Waals surface area contributed by atoms with E-state index in [0.29, 0.717) is 13.1 Å². The number of rotatable bonds is 2. The van der Waals surface area contributed by atoms with Gasteiger partial charge in [-0.3, -0.25) is 4.79 Å². The zero-order valence-corrected chi connectivity index (χ0v) is 7.29. The van der Waals surface area contributed by atoms with Gasteiger partial charge in [0, 0.05) is 19.3 Å². The van der Waals surface area contributed by atoms with Gasteiger partial charge in [-0.15, -0.1) is 0 Å². The second kappa shape index (κ2) is 3.57. The van der Waals surface area contributed by atoms with Gasteiger partial charge in [0.2, 0.25) is 5.91 Å². The molecule has 1 aliphatic heterocycles. The number of piperazine rings is 1. The van der Waals surface area contributed by atoms with Crippen LogP contribution >= 0.6 is 0 Å². The molecule has 5 nitrogen and oxygen atoms in total. The van der Waals surface area contributed by atoms with Crippen molar-refractivity contribution in [3.8, 4) is 0 Å². The Bertz CT molecular complexity index is 282. The van der Waals surface area contributed by atoms with Gasteiger partial charge >= 0.3 is 0 Å². The van der Waals surface area contributed by atoms with Gasteiger partial charge in [-0.1, -0.05) is 0 Å². The van der Waals surface area contributed by atoms with E-state index >= 15 is 0 Å². The van der Waals surface area contributed by atoms with Gasteiger partial charge in [-0.05, 0) is 0 Å². The molecular weight excluding hydrogens is 168 g/mol. The number of H-pyrrole nitrogens is 1. The van der Waals surface area contributed by atoms with Crippen LogP contribution in [-0.2, 0) is 11.3 Å². The smallest absolute Gasteiger partial charge is 0.236 e. The maximum Gasteiger partial charge on any atom is 0.236 e. The molecule has 0 aliphatic carbocycles. The van der Waals surface area contributed by atoms with Crippen molar-refractivity contribution < 1.29 is 4.79 Å². The summed E-state index contributed by atoms with van der Waals surface area (Å²) in [7, 11) is 0. The van der Waals surface area contributed by atoms with Crippen molar-refractivity contribution in [3.63, 3.8) is 0 Å². The Morgan fingerprint density at radius 1 is 1.62 bits per heavy atom. The number of imidazole rings is 1. The molecule has 0 radical (unpaired) electrons. The van der Waals surface area contributed by atoms with Gasteiger partial charge < -0.3 is 15.2 Å². The minimum Gasteiger partial charge on any atom is -0.347 e. The molecule has 2 rings (SSSR count). The van der Waals surface area contributed by atoms with E-state index in [9.17, 15) is 4.79 Å². The van der Waals surface area contributed by atoms with Gasteiger partial charge in [0.1, 0.15) is 0 Å². The van der Waals surface area contributed by atoms with Crippen molar-refractivity contribution in [1.82, 2.24) is 20.2 Å². The van der Waals surface area contributed by atoms with Crippen LogP contribution in [-0.4, -0.2) is 40.4 Å². The minimum atomic E-state index is 0.154. The Kier molecular flexibility index (Phi) is 2.27. The summed E-state index contributed by atoms with van der Waals surface area (Å²) >= 11 is 0. The molecule has 0 unspecified atom stereocenters. The van der Waals surface area contributed by atoms with Crippen LogP contribution in [0, 0.1) is 0 Å². The van der Waals surface area contributed by atoms with Crippen molar-refractivity contribution in [2.75, 3.05) is 19.6 Å². The average Bonchev–Trinajstić information content (AvgIpc) is 2.61. The molecule has 13 heavy (non-hydrogen) atoms. The Hall–Kier alpha value is -1.36. The lowest BCUT2D eigenvalue weighted by atomic mass is 10.3. The predicted octanol–water partition coefficient (Wildman–Crippen LogP) is -0.659. The maximum absolute atomic E-state index is 11.3. The normalized spacial score (nSPS) is 17.8. The standard InChI is InChI=1S/C8H12N4O/c13-8-4-9-1-2-12(8)5-7-3-10-6-11-7/h3,6,9H,1-2,4-5H2,(H,10,11). The summed E-state index contributed by atoms with van der Waals surface area (Å²) in [5.74, 6) is 0.154. The molecule has 1 aromatic rings. The first-order valence-corrected chi connectivity index (χ1v) is 4.32. The molecule has 2 heterocycles. The molecule has 5 heteroatoms. The number of nitrogens with zero attached hydrogens (tertiary/aromatic N) is 2. The maximum atomic E-state index is 11.3. The molecule has 2 N–H and O–H groups in total. The molecule has 0 saturated carbocycles. The number of nitrogens with one attached hydrogen (secondary N) is 2. The first-order chi connectivity index (χ1) is 6.36. The van der Waals surface area contributed by atoms with Crippen LogP contribution in [0.25, 0.3) is 0 Å². The molecule has 0 bridgehead atoms. The molecule has 70 valence electrons. The summed E-state index contributed by atoms with van der Waals surface area (Å²) in [5.41, 5.74) is 0.982. The van der Waals surface area contributed by atoms with Crippen molar-refractivity contribution in [3.05, 3.63) is 18.2 Å². The fraction of sp³-hybridized carbons (Fsp3) is 0.500. The fourth-order valence-corrected chi connectivity index (χ4v) is 1.39. The summed E-state index contributed by atoms with van der Waals surface area (Å²) in [6.07, 6.45) is 3.37. The van der Waals surface area contributed by atoms with Crippen LogP contribution < -0.4 is 5.32 Å². The number of aromatic nitrogens is 2. The molecule has 1 aliphatic rings. The van der Waals surface area contributed by atoms with E-state index in [1.807, 2.05) is 4.90 Å². The van der Waals surface area contributed by atoms with Gasteiger partial charge in [-0.25, -0.2) is 4.98 Å². The summed E-state index contributed by atoms with van der Waals surface area (Å²) in [4.78, 5) is 20.1. The summed E-state index contributed by atoms with van der Waals surface area (Å²) in [5, 5.41) is 3.03. The van der Waals surface area contributed by atoms with Crippen molar-refractivity contribution >= 4 is 5.91 Å². The summed E-state index contributed by atoms with van der Waals surface area (Å²) in [6.45, 7) is 2.74. The molecule has 1 amide bonds. The minimum absolute atomic E-state index is 0.154. The number of carbonyl (C=O) groups is 1. The lowest BCUT2D eigenvalue weighted by Gasteiger charge is -2.26. The van der Waals surface area contributed by atoms with Gasteiger partial charge in [0.05, 0.1) is 25.1 Å². The van der Waals surface area contributed by atoms with E-state index in [1.54, 1.807) is 12.5 Å².